The number of halogens is 1. The number of methoxy groups -OCH3 is 1. The van der Waals surface area contributed by atoms with Gasteiger partial charge in [-0.25, -0.2) is 0 Å². The zero-order valence-corrected chi connectivity index (χ0v) is 15.6. The van der Waals surface area contributed by atoms with E-state index in [9.17, 15) is 4.79 Å². The Kier molecular flexibility index (Phi) is 4.53. The lowest BCUT2D eigenvalue weighted by atomic mass is 9.83. The van der Waals surface area contributed by atoms with Crippen LogP contribution in [0.2, 0.25) is 5.02 Å². The first-order valence-electron chi connectivity index (χ1n) is 9.00. The van der Waals surface area contributed by atoms with Gasteiger partial charge in [0.2, 0.25) is 0 Å². The average Bonchev–Trinajstić information content (AvgIpc) is 2.68. The van der Waals surface area contributed by atoms with Crippen molar-refractivity contribution in [2.24, 2.45) is 0 Å². The van der Waals surface area contributed by atoms with Crippen molar-refractivity contribution >= 4 is 17.5 Å². The summed E-state index contributed by atoms with van der Waals surface area (Å²) in [6.45, 7) is 1.35. The molecule has 4 rings (SSSR count). The normalized spacial score (nSPS) is 18.2. The lowest BCUT2D eigenvalue weighted by Gasteiger charge is -2.44. The number of amides is 1. The van der Waals surface area contributed by atoms with E-state index in [1.54, 1.807) is 25.3 Å². The Morgan fingerprint density at radius 1 is 1.15 bits per heavy atom. The molecule has 1 spiro atoms. The van der Waals surface area contributed by atoms with Gasteiger partial charge < -0.3 is 14.4 Å². The zero-order chi connectivity index (χ0) is 18.1. The third-order valence-corrected chi connectivity index (χ3v) is 5.74. The predicted octanol–water partition coefficient (Wildman–Crippen LogP) is 4.35. The van der Waals surface area contributed by atoms with Gasteiger partial charge in [0.25, 0.3) is 5.91 Å². The molecule has 26 heavy (non-hydrogen) atoms. The smallest absolute Gasteiger partial charge is 0.257 e. The van der Waals surface area contributed by atoms with Crippen LogP contribution in [0.15, 0.2) is 42.5 Å². The molecule has 136 valence electrons. The standard InChI is InChI=1S/C21H22ClNO3/c1-25-19-7-6-16(22)14-17(19)20(24)23-12-10-21(11-13-23)9-8-15-4-2-3-5-18(15)26-21/h2-7,14H,8-13H2,1H3. The second-order valence-electron chi connectivity index (χ2n) is 7.03. The van der Waals surface area contributed by atoms with E-state index in [1.807, 2.05) is 17.0 Å². The van der Waals surface area contributed by atoms with Crippen LogP contribution in [0.5, 0.6) is 11.5 Å². The van der Waals surface area contributed by atoms with Gasteiger partial charge in [0.1, 0.15) is 17.1 Å². The van der Waals surface area contributed by atoms with E-state index in [1.165, 1.54) is 5.56 Å². The van der Waals surface area contributed by atoms with Gasteiger partial charge in [-0.1, -0.05) is 29.8 Å². The number of aryl methyl sites for hydroxylation is 1. The first-order chi connectivity index (χ1) is 12.6. The van der Waals surface area contributed by atoms with Gasteiger partial charge in [-0.2, -0.15) is 0 Å². The number of likely N-dealkylation sites (tertiary alicyclic amines) is 1. The van der Waals surface area contributed by atoms with Crippen LogP contribution in [0.3, 0.4) is 0 Å². The molecule has 5 heteroatoms. The van der Waals surface area contributed by atoms with Crippen LogP contribution in [-0.2, 0) is 6.42 Å². The van der Waals surface area contributed by atoms with Crippen molar-refractivity contribution in [2.75, 3.05) is 20.2 Å². The van der Waals surface area contributed by atoms with Crippen molar-refractivity contribution in [2.45, 2.75) is 31.3 Å². The van der Waals surface area contributed by atoms with Crippen molar-refractivity contribution in [3.05, 3.63) is 58.6 Å². The summed E-state index contributed by atoms with van der Waals surface area (Å²) >= 11 is 6.07. The lowest BCUT2D eigenvalue weighted by Crippen LogP contribution is -2.51. The second kappa shape index (κ2) is 6.84. The summed E-state index contributed by atoms with van der Waals surface area (Å²) < 4.78 is 11.7. The number of fused-ring (bicyclic) bond motifs is 1. The van der Waals surface area contributed by atoms with E-state index >= 15 is 0 Å². The number of rotatable bonds is 2. The molecule has 2 aromatic rings. The minimum absolute atomic E-state index is 0.0320. The minimum atomic E-state index is -0.149. The van der Waals surface area contributed by atoms with Crippen LogP contribution < -0.4 is 9.47 Å². The molecular formula is C21H22ClNO3. The van der Waals surface area contributed by atoms with Crippen LogP contribution in [0.4, 0.5) is 0 Å². The molecule has 0 bridgehead atoms. The van der Waals surface area contributed by atoms with E-state index in [-0.39, 0.29) is 11.5 Å². The molecule has 1 fully saturated rings. The summed E-state index contributed by atoms with van der Waals surface area (Å²) in [7, 11) is 1.57. The Morgan fingerprint density at radius 2 is 1.92 bits per heavy atom. The molecule has 0 atom stereocenters. The van der Waals surface area contributed by atoms with E-state index in [4.69, 9.17) is 21.1 Å². The zero-order valence-electron chi connectivity index (χ0n) is 14.8. The number of carbonyl (C=O) groups is 1. The minimum Gasteiger partial charge on any atom is -0.496 e. The number of ether oxygens (including phenoxy) is 2. The van der Waals surface area contributed by atoms with Crippen LogP contribution >= 0.6 is 11.6 Å². The van der Waals surface area contributed by atoms with Gasteiger partial charge in [-0.15, -0.1) is 0 Å². The summed E-state index contributed by atoms with van der Waals surface area (Å²) in [4.78, 5) is 14.8. The SMILES string of the molecule is COc1ccc(Cl)cc1C(=O)N1CCC2(CCc3ccccc3O2)CC1. The Bertz CT molecular complexity index is 828. The summed E-state index contributed by atoms with van der Waals surface area (Å²) in [6, 6.07) is 13.4. The van der Waals surface area contributed by atoms with Crippen LogP contribution in [0, 0.1) is 0 Å². The fraction of sp³-hybridized carbons (Fsp3) is 0.381. The maximum atomic E-state index is 12.9. The van der Waals surface area contributed by atoms with E-state index < -0.39 is 0 Å². The largest absolute Gasteiger partial charge is 0.496 e. The Morgan fingerprint density at radius 3 is 2.69 bits per heavy atom. The van der Waals surface area contributed by atoms with Gasteiger partial charge in [-0.3, -0.25) is 4.79 Å². The topological polar surface area (TPSA) is 38.8 Å². The first-order valence-corrected chi connectivity index (χ1v) is 9.38. The van der Waals surface area contributed by atoms with E-state index in [0.29, 0.717) is 29.4 Å². The monoisotopic (exact) mass is 371 g/mol. The molecule has 0 N–H and O–H groups in total. The fourth-order valence-corrected chi connectivity index (χ4v) is 4.12. The average molecular weight is 372 g/mol. The van der Waals surface area contributed by atoms with Crippen molar-refractivity contribution in [3.63, 3.8) is 0 Å². The van der Waals surface area contributed by atoms with Gasteiger partial charge >= 0.3 is 0 Å². The summed E-state index contributed by atoms with van der Waals surface area (Å²) in [5.74, 6) is 1.52. The third kappa shape index (κ3) is 3.14. The van der Waals surface area contributed by atoms with Crippen molar-refractivity contribution in [1.82, 2.24) is 4.90 Å². The molecule has 4 nitrogen and oxygen atoms in total. The number of para-hydroxylation sites is 1. The van der Waals surface area contributed by atoms with Gasteiger partial charge in [-0.05, 0) is 42.7 Å². The van der Waals surface area contributed by atoms with Crippen LogP contribution in [-0.4, -0.2) is 36.6 Å². The van der Waals surface area contributed by atoms with Crippen LogP contribution in [0.25, 0.3) is 0 Å². The quantitative estimate of drug-likeness (QED) is 0.787. The first kappa shape index (κ1) is 17.2. The Labute approximate surface area is 158 Å². The summed E-state index contributed by atoms with van der Waals surface area (Å²) in [5.41, 5.74) is 1.65. The Balaban J connectivity index is 1.47. The molecule has 2 heterocycles. The molecule has 2 aromatic carbocycles. The van der Waals surface area contributed by atoms with E-state index in [0.717, 1.165) is 31.4 Å². The fourth-order valence-electron chi connectivity index (χ4n) is 3.94. The molecule has 0 aromatic heterocycles. The highest BCUT2D eigenvalue weighted by Crippen LogP contribution is 2.39. The number of nitrogens with zero attached hydrogens (tertiary/aromatic N) is 1. The third-order valence-electron chi connectivity index (χ3n) is 5.50. The molecule has 1 amide bonds. The summed E-state index contributed by atoms with van der Waals surface area (Å²) in [5, 5.41) is 0.537. The van der Waals surface area contributed by atoms with Crippen molar-refractivity contribution < 1.29 is 14.3 Å². The van der Waals surface area contributed by atoms with Crippen molar-refractivity contribution in [1.29, 1.82) is 0 Å². The molecule has 2 aliphatic rings. The van der Waals surface area contributed by atoms with Gasteiger partial charge in [0.05, 0.1) is 12.7 Å². The number of piperidine rings is 1. The molecule has 0 aliphatic carbocycles. The highest BCUT2D eigenvalue weighted by molar-refractivity contribution is 6.31. The maximum Gasteiger partial charge on any atom is 0.257 e. The number of benzene rings is 2. The molecule has 0 saturated carbocycles. The highest BCUT2D eigenvalue weighted by Gasteiger charge is 2.40. The molecule has 0 radical (unpaired) electrons. The van der Waals surface area contributed by atoms with Crippen LogP contribution in [0.1, 0.15) is 35.2 Å². The molecule has 2 aliphatic heterocycles. The molecule has 1 saturated heterocycles. The number of hydrogen-bond donors (Lipinski definition) is 0. The van der Waals surface area contributed by atoms with E-state index in [2.05, 4.69) is 12.1 Å². The second-order valence-corrected chi connectivity index (χ2v) is 7.47. The maximum absolute atomic E-state index is 12.9. The molecule has 0 unspecified atom stereocenters. The molecular weight excluding hydrogens is 350 g/mol. The predicted molar refractivity (Wildman–Crippen MR) is 101 cm³/mol. The lowest BCUT2D eigenvalue weighted by molar-refractivity contribution is -0.0107. The number of carbonyl (C=O) groups excluding carboxylic acids is 1. The Hall–Kier alpha value is -2.20. The highest BCUT2D eigenvalue weighted by atomic mass is 35.5. The van der Waals surface area contributed by atoms with Gasteiger partial charge in [0, 0.05) is 31.0 Å². The summed E-state index contributed by atoms with van der Waals surface area (Å²) in [6.07, 6.45) is 3.73. The van der Waals surface area contributed by atoms with Gasteiger partial charge in [0.15, 0.2) is 0 Å². The number of hydrogen-bond acceptors (Lipinski definition) is 3. The van der Waals surface area contributed by atoms with Crippen molar-refractivity contribution in [3.8, 4) is 11.5 Å².